The predicted molar refractivity (Wildman–Crippen MR) is 160 cm³/mol. The molecule has 0 bridgehead atoms. The average molecular weight is 581 g/mol. The van der Waals surface area contributed by atoms with Crippen molar-refractivity contribution < 1.29 is 9.35 Å². The van der Waals surface area contributed by atoms with Gasteiger partial charge >= 0.3 is 0 Å². The number of amides is 1. The molecule has 2 aromatic carbocycles. The lowest BCUT2D eigenvalue weighted by Crippen LogP contribution is -2.35. The first-order valence-corrected chi connectivity index (χ1v) is 14.2. The molecule has 0 radical (unpaired) electrons. The second-order valence-corrected chi connectivity index (χ2v) is 10.8. The third kappa shape index (κ3) is 5.40. The van der Waals surface area contributed by atoms with E-state index in [4.69, 9.17) is 21.6 Å². The van der Waals surface area contributed by atoms with Crippen molar-refractivity contribution in [1.29, 1.82) is 0 Å². The fourth-order valence-corrected chi connectivity index (χ4v) is 5.58. The minimum atomic E-state index is -1.80. The molecule has 1 amide bonds. The van der Waals surface area contributed by atoms with Crippen molar-refractivity contribution >= 4 is 50.9 Å². The Balaban J connectivity index is 1.43. The Hall–Kier alpha value is -4.64. The third-order valence-electron chi connectivity index (χ3n) is 6.36. The standard InChI is InChI=1S/C30H21ClN6O3S/c1-17-7-5-11-21(34-17)16-41(40)37-30(39)22-15-33-29-27(28(22)38)35-26(25(36-29)18-8-3-2-4-9-18)20-13-19-10-6-12-32-24(19)23(31)14-20/h2-15H,16H2,1H3,(H,37,39)(H,33,36,38). The zero-order valence-corrected chi connectivity index (χ0v) is 23.2. The number of rotatable bonds is 6. The molecule has 4 heterocycles. The molecule has 11 heteroatoms. The molecule has 1 unspecified atom stereocenters. The molecule has 0 fully saturated rings. The lowest BCUT2D eigenvalue weighted by molar-refractivity contribution is 0.0980. The maximum atomic E-state index is 13.5. The van der Waals surface area contributed by atoms with Crippen molar-refractivity contribution in [2.45, 2.75) is 12.7 Å². The van der Waals surface area contributed by atoms with E-state index in [1.165, 1.54) is 6.20 Å². The van der Waals surface area contributed by atoms with E-state index >= 15 is 0 Å². The molecular formula is C30H21ClN6O3S. The van der Waals surface area contributed by atoms with Gasteiger partial charge in [0.1, 0.15) is 5.56 Å². The zero-order chi connectivity index (χ0) is 28.5. The summed E-state index contributed by atoms with van der Waals surface area (Å²) in [4.78, 5) is 47.6. The lowest BCUT2D eigenvalue weighted by atomic mass is 10.0. The Morgan fingerprint density at radius 3 is 2.56 bits per heavy atom. The van der Waals surface area contributed by atoms with Gasteiger partial charge in [-0.3, -0.25) is 19.6 Å². The summed E-state index contributed by atoms with van der Waals surface area (Å²) < 4.78 is 15.0. The van der Waals surface area contributed by atoms with Crippen LogP contribution in [0, 0.1) is 6.92 Å². The molecule has 41 heavy (non-hydrogen) atoms. The summed E-state index contributed by atoms with van der Waals surface area (Å²) in [6.07, 6.45) is 2.92. The molecule has 0 aliphatic heterocycles. The van der Waals surface area contributed by atoms with Gasteiger partial charge in [0.25, 0.3) is 5.91 Å². The van der Waals surface area contributed by atoms with E-state index in [9.17, 15) is 14.1 Å². The Bertz CT molecular complexity index is 2000. The number of nitrogens with one attached hydrogen (secondary N) is 2. The smallest absolute Gasteiger partial charge is 0.297 e. The summed E-state index contributed by atoms with van der Waals surface area (Å²) >= 11 is 4.77. The number of nitrogens with zero attached hydrogens (tertiary/aromatic N) is 4. The van der Waals surface area contributed by atoms with Crippen LogP contribution in [0.2, 0.25) is 5.02 Å². The first kappa shape index (κ1) is 26.6. The van der Waals surface area contributed by atoms with Gasteiger partial charge in [0.05, 0.1) is 39.0 Å². The Labute approximate surface area is 242 Å². The molecule has 0 saturated carbocycles. The van der Waals surface area contributed by atoms with E-state index < -0.39 is 22.7 Å². The first-order valence-electron chi connectivity index (χ1n) is 12.5. The zero-order valence-electron chi connectivity index (χ0n) is 21.6. The highest BCUT2D eigenvalue weighted by atomic mass is 35.5. The number of H-pyrrole nitrogens is 1. The largest absolute Gasteiger partial charge is 0.593 e. The van der Waals surface area contributed by atoms with Gasteiger partial charge in [-0.25, -0.2) is 9.97 Å². The van der Waals surface area contributed by atoms with Gasteiger partial charge < -0.3 is 9.54 Å². The highest BCUT2D eigenvalue weighted by Crippen LogP contribution is 2.34. The topological polar surface area (TPSA) is 137 Å². The van der Waals surface area contributed by atoms with E-state index in [0.29, 0.717) is 33.2 Å². The van der Waals surface area contributed by atoms with Crippen molar-refractivity contribution in [3.63, 3.8) is 0 Å². The van der Waals surface area contributed by atoms with Gasteiger partial charge in [-0.1, -0.05) is 54.1 Å². The Morgan fingerprint density at radius 1 is 0.951 bits per heavy atom. The van der Waals surface area contributed by atoms with E-state index in [1.807, 2.05) is 55.5 Å². The molecule has 202 valence electrons. The van der Waals surface area contributed by atoms with Crippen LogP contribution < -0.4 is 10.2 Å². The first-order chi connectivity index (χ1) is 19.9. The number of aromatic amines is 1. The molecule has 4 aromatic heterocycles. The number of carbonyl (C=O) groups is 1. The SMILES string of the molecule is Cc1cccc(C[S+]([O-])NC(=O)c2c[nH]c3nc(-c4ccccc4)c(-c4cc(Cl)c5ncccc5c4)nc3c2=O)n1. The van der Waals surface area contributed by atoms with E-state index in [0.717, 1.165) is 16.6 Å². The normalized spacial score (nSPS) is 12.0. The quantitative estimate of drug-likeness (QED) is 0.260. The molecular weight excluding hydrogens is 560 g/mol. The third-order valence-corrected chi connectivity index (χ3v) is 7.62. The highest BCUT2D eigenvalue weighted by molar-refractivity contribution is 7.89. The molecule has 1 atom stereocenters. The molecule has 0 saturated heterocycles. The number of aryl methyl sites for hydroxylation is 1. The van der Waals surface area contributed by atoms with Crippen LogP contribution in [0.1, 0.15) is 21.7 Å². The minimum absolute atomic E-state index is 0.000869. The van der Waals surface area contributed by atoms with E-state index in [-0.39, 0.29) is 22.5 Å². The molecule has 2 N–H and O–H groups in total. The summed E-state index contributed by atoms with van der Waals surface area (Å²) in [7, 11) is 0. The molecule has 6 aromatic rings. The van der Waals surface area contributed by atoms with Crippen molar-refractivity contribution in [3.05, 3.63) is 117 Å². The Morgan fingerprint density at radius 2 is 1.76 bits per heavy atom. The summed E-state index contributed by atoms with van der Waals surface area (Å²) in [6.45, 7) is 1.82. The summed E-state index contributed by atoms with van der Waals surface area (Å²) in [5.74, 6) is -0.796. The number of aromatic nitrogens is 5. The summed E-state index contributed by atoms with van der Waals surface area (Å²) in [6, 6.07) is 22.1. The maximum absolute atomic E-state index is 13.5. The molecule has 9 nitrogen and oxygen atoms in total. The van der Waals surface area contributed by atoms with Crippen LogP contribution in [0.15, 0.2) is 90.0 Å². The van der Waals surface area contributed by atoms with Gasteiger partial charge in [-0.2, -0.15) is 4.72 Å². The van der Waals surface area contributed by atoms with Crippen LogP contribution >= 0.6 is 11.6 Å². The van der Waals surface area contributed by atoms with Crippen molar-refractivity contribution in [2.24, 2.45) is 0 Å². The molecule has 6 rings (SSSR count). The van der Waals surface area contributed by atoms with Crippen LogP contribution in [-0.2, 0) is 17.1 Å². The van der Waals surface area contributed by atoms with Gasteiger partial charge in [0.15, 0.2) is 16.9 Å². The maximum Gasteiger partial charge on any atom is 0.297 e. The summed E-state index contributed by atoms with van der Waals surface area (Å²) in [5, 5.41) is 1.22. The number of benzene rings is 2. The van der Waals surface area contributed by atoms with Gasteiger partial charge in [0.2, 0.25) is 5.43 Å². The predicted octanol–water partition coefficient (Wildman–Crippen LogP) is 5.15. The number of pyridine rings is 3. The minimum Gasteiger partial charge on any atom is -0.593 e. The van der Waals surface area contributed by atoms with Gasteiger partial charge in [0, 0.05) is 34.6 Å². The molecule has 0 aliphatic carbocycles. The Kier molecular flexibility index (Phi) is 7.19. The lowest BCUT2D eigenvalue weighted by Gasteiger charge is -2.13. The van der Waals surface area contributed by atoms with E-state index in [2.05, 4.69) is 19.7 Å². The van der Waals surface area contributed by atoms with Crippen LogP contribution in [0.3, 0.4) is 0 Å². The van der Waals surface area contributed by atoms with Crippen LogP contribution in [0.5, 0.6) is 0 Å². The average Bonchev–Trinajstić information content (AvgIpc) is 2.97. The number of halogens is 1. The number of fused-ring (bicyclic) bond motifs is 2. The van der Waals surface area contributed by atoms with E-state index in [1.54, 1.807) is 30.5 Å². The van der Waals surface area contributed by atoms with Gasteiger partial charge in [-0.15, -0.1) is 0 Å². The number of hydrogen-bond acceptors (Lipinski definition) is 7. The number of hydrogen-bond donors (Lipinski definition) is 2. The van der Waals surface area contributed by atoms with Crippen LogP contribution in [0.25, 0.3) is 44.6 Å². The van der Waals surface area contributed by atoms with Crippen molar-refractivity contribution in [2.75, 3.05) is 0 Å². The summed E-state index contributed by atoms with van der Waals surface area (Å²) in [5.41, 5.74) is 3.58. The molecule has 0 spiro atoms. The monoisotopic (exact) mass is 580 g/mol. The van der Waals surface area contributed by atoms with Crippen LogP contribution in [0.4, 0.5) is 0 Å². The second-order valence-electron chi connectivity index (χ2n) is 9.24. The fraction of sp³-hybridized carbons (Fsp3) is 0.0667. The van der Waals surface area contributed by atoms with Crippen molar-refractivity contribution in [1.82, 2.24) is 29.6 Å². The molecule has 0 aliphatic rings. The van der Waals surface area contributed by atoms with Crippen molar-refractivity contribution in [3.8, 4) is 22.5 Å². The fourth-order valence-electron chi connectivity index (χ4n) is 4.49. The van der Waals surface area contributed by atoms with Gasteiger partial charge in [-0.05, 0) is 37.3 Å². The second kappa shape index (κ2) is 11.1. The highest BCUT2D eigenvalue weighted by Gasteiger charge is 2.22. The van der Waals surface area contributed by atoms with Crippen LogP contribution in [-0.4, -0.2) is 35.4 Å². The number of carbonyl (C=O) groups excluding carboxylic acids is 1.